The summed E-state index contributed by atoms with van der Waals surface area (Å²) in [6, 6.07) is 11.7. The number of methoxy groups -OCH3 is 3. The third kappa shape index (κ3) is 5.96. The van der Waals surface area contributed by atoms with E-state index in [-0.39, 0.29) is 29.9 Å². The molecule has 0 aliphatic carbocycles. The predicted molar refractivity (Wildman–Crippen MR) is 138 cm³/mol. The number of hydrogen-bond acceptors (Lipinski definition) is 5. The fraction of sp³-hybridized carbons (Fsp3) is 0.391. The standard InChI is InChI=1S/C23H30N4O4.HI/c1-24-23(26-17-14-19(29-2)22(31-4)20(15-17)30-3)25-12-7-10-21(28)27-13-11-16-8-5-6-9-18(16)27;/h5-6,8-9,14-15H,7,10-13H2,1-4H3,(H2,24,25,26);1H. The summed E-state index contributed by atoms with van der Waals surface area (Å²) in [6.07, 6.45) is 2.10. The number of fused-ring (bicyclic) bond motifs is 1. The van der Waals surface area contributed by atoms with Gasteiger partial charge in [-0.3, -0.25) is 9.79 Å². The Hall–Kier alpha value is -2.69. The summed E-state index contributed by atoms with van der Waals surface area (Å²) in [5.41, 5.74) is 3.02. The first-order valence-electron chi connectivity index (χ1n) is 10.3. The van der Waals surface area contributed by atoms with Crippen molar-refractivity contribution in [3.8, 4) is 17.2 Å². The molecule has 0 saturated carbocycles. The Morgan fingerprint density at radius 1 is 1.09 bits per heavy atom. The first-order valence-corrected chi connectivity index (χ1v) is 10.3. The van der Waals surface area contributed by atoms with Crippen LogP contribution in [0.2, 0.25) is 0 Å². The van der Waals surface area contributed by atoms with Gasteiger partial charge in [0.25, 0.3) is 0 Å². The van der Waals surface area contributed by atoms with Crippen LogP contribution in [-0.2, 0) is 11.2 Å². The molecular formula is C23H31IN4O4. The van der Waals surface area contributed by atoms with Gasteiger partial charge in [-0.2, -0.15) is 0 Å². The van der Waals surface area contributed by atoms with Crippen LogP contribution in [0.4, 0.5) is 11.4 Å². The van der Waals surface area contributed by atoms with Crippen molar-refractivity contribution in [1.29, 1.82) is 0 Å². The van der Waals surface area contributed by atoms with Crippen LogP contribution in [0.3, 0.4) is 0 Å². The number of rotatable bonds is 8. The van der Waals surface area contributed by atoms with Crippen LogP contribution in [0, 0.1) is 0 Å². The molecule has 2 aromatic rings. The second-order valence-electron chi connectivity index (χ2n) is 7.07. The van der Waals surface area contributed by atoms with E-state index >= 15 is 0 Å². The van der Waals surface area contributed by atoms with Crippen molar-refractivity contribution in [2.45, 2.75) is 19.3 Å². The number of ether oxygens (including phenoxy) is 3. The van der Waals surface area contributed by atoms with E-state index in [2.05, 4.69) is 21.7 Å². The number of amides is 1. The minimum Gasteiger partial charge on any atom is -0.493 e. The number of nitrogens with one attached hydrogen (secondary N) is 2. The summed E-state index contributed by atoms with van der Waals surface area (Å²) in [7, 11) is 6.41. The maximum absolute atomic E-state index is 12.6. The van der Waals surface area contributed by atoms with E-state index in [4.69, 9.17) is 14.2 Å². The minimum atomic E-state index is 0. The number of hydrogen-bond donors (Lipinski definition) is 2. The molecule has 0 spiro atoms. The molecule has 1 heterocycles. The van der Waals surface area contributed by atoms with E-state index in [0.717, 1.165) is 24.3 Å². The molecule has 2 aromatic carbocycles. The summed E-state index contributed by atoms with van der Waals surface area (Å²) in [5.74, 6) is 2.38. The zero-order valence-electron chi connectivity index (χ0n) is 18.9. The molecule has 0 unspecified atom stereocenters. The molecule has 0 saturated heterocycles. The van der Waals surface area contributed by atoms with Crippen LogP contribution >= 0.6 is 24.0 Å². The highest BCUT2D eigenvalue weighted by Gasteiger charge is 2.23. The van der Waals surface area contributed by atoms with Crippen molar-refractivity contribution in [2.24, 2.45) is 4.99 Å². The maximum atomic E-state index is 12.6. The van der Waals surface area contributed by atoms with Crippen LogP contribution in [0.1, 0.15) is 18.4 Å². The second-order valence-corrected chi connectivity index (χ2v) is 7.07. The Morgan fingerprint density at radius 2 is 1.78 bits per heavy atom. The number of guanidine groups is 1. The number of para-hydroxylation sites is 1. The van der Waals surface area contributed by atoms with E-state index in [1.54, 1.807) is 28.4 Å². The van der Waals surface area contributed by atoms with Crippen molar-refractivity contribution in [1.82, 2.24) is 5.32 Å². The smallest absolute Gasteiger partial charge is 0.227 e. The highest BCUT2D eigenvalue weighted by atomic mass is 127. The molecule has 9 heteroatoms. The molecule has 2 N–H and O–H groups in total. The molecule has 3 rings (SSSR count). The van der Waals surface area contributed by atoms with Gasteiger partial charge in [-0.05, 0) is 24.5 Å². The fourth-order valence-electron chi connectivity index (χ4n) is 3.65. The van der Waals surface area contributed by atoms with Gasteiger partial charge in [-0.1, -0.05) is 18.2 Å². The number of anilines is 2. The van der Waals surface area contributed by atoms with Crippen molar-refractivity contribution in [3.63, 3.8) is 0 Å². The number of halogens is 1. The summed E-state index contributed by atoms with van der Waals surface area (Å²) in [4.78, 5) is 18.8. The third-order valence-corrected chi connectivity index (χ3v) is 5.20. The zero-order valence-corrected chi connectivity index (χ0v) is 21.3. The number of benzene rings is 2. The molecular weight excluding hydrogens is 523 g/mol. The van der Waals surface area contributed by atoms with Crippen LogP contribution in [0.15, 0.2) is 41.4 Å². The van der Waals surface area contributed by atoms with Gasteiger partial charge in [-0.15, -0.1) is 24.0 Å². The van der Waals surface area contributed by atoms with Gasteiger partial charge < -0.3 is 29.7 Å². The van der Waals surface area contributed by atoms with Gasteiger partial charge in [0, 0.05) is 50.1 Å². The predicted octanol–water partition coefficient (Wildman–Crippen LogP) is 3.69. The van der Waals surface area contributed by atoms with Crippen LogP contribution in [0.25, 0.3) is 0 Å². The number of nitrogens with zero attached hydrogens (tertiary/aromatic N) is 2. The molecule has 0 bridgehead atoms. The first-order chi connectivity index (χ1) is 15.1. The number of carbonyl (C=O) groups is 1. The third-order valence-electron chi connectivity index (χ3n) is 5.20. The lowest BCUT2D eigenvalue weighted by Gasteiger charge is -2.18. The van der Waals surface area contributed by atoms with Gasteiger partial charge >= 0.3 is 0 Å². The molecule has 0 atom stereocenters. The van der Waals surface area contributed by atoms with Crippen LogP contribution < -0.4 is 29.7 Å². The lowest BCUT2D eigenvalue weighted by molar-refractivity contribution is -0.118. The molecule has 0 fully saturated rings. The van der Waals surface area contributed by atoms with Crippen molar-refractivity contribution < 1.29 is 19.0 Å². The van der Waals surface area contributed by atoms with Crippen LogP contribution in [-0.4, -0.2) is 53.3 Å². The highest BCUT2D eigenvalue weighted by Crippen LogP contribution is 2.39. The topological polar surface area (TPSA) is 84.4 Å². The SMILES string of the molecule is CN=C(NCCCC(=O)N1CCc2ccccc21)Nc1cc(OC)c(OC)c(OC)c1.I. The van der Waals surface area contributed by atoms with Gasteiger partial charge in [0.1, 0.15) is 0 Å². The average Bonchev–Trinajstić information content (AvgIpc) is 3.24. The summed E-state index contributed by atoms with van der Waals surface area (Å²) < 4.78 is 16.1. The molecule has 1 amide bonds. The van der Waals surface area contributed by atoms with E-state index in [1.807, 2.05) is 35.2 Å². The van der Waals surface area contributed by atoms with Gasteiger partial charge in [-0.25, -0.2) is 0 Å². The molecule has 0 radical (unpaired) electrons. The van der Waals surface area contributed by atoms with Crippen LogP contribution in [0.5, 0.6) is 17.2 Å². The largest absolute Gasteiger partial charge is 0.493 e. The first kappa shape index (κ1) is 25.6. The molecule has 8 nitrogen and oxygen atoms in total. The molecule has 0 aromatic heterocycles. The molecule has 1 aliphatic rings. The molecule has 174 valence electrons. The van der Waals surface area contributed by atoms with E-state index in [0.29, 0.717) is 42.6 Å². The average molecular weight is 554 g/mol. The summed E-state index contributed by atoms with van der Waals surface area (Å²) >= 11 is 0. The molecule has 1 aliphatic heterocycles. The van der Waals surface area contributed by atoms with Gasteiger partial charge in [0.15, 0.2) is 17.5 Å². The quantitative estimate of drug-likeness (QED) is 0.224. The van der Waals surface area contributed by atoms with E-state index in [1.165, 1.54) is 5.56 Å². The van der Waals surface area contributed by atoms with E-state index < -0.39 is 0 Å². The number of aliphatic imine (C=N–C) groups is 1. The lowest BCUT2D eigenvalue weighted by Crippen LogP contribution is -2.33. The normalized spacial score (nSPS) is 12.5. The lowest BCUT2D eigenvalue weighted by atomic mass is 10.2. The van der Waals surface area contributed by atoms with Crippen molar-refractivity contribution in [3.05, 3.63) is 42.0 Å². The minimum absolute atomic E-state index is 0. The Bertz CT molecular complexity index is 926. The second kappa shape index (κ2) is 12.4. The van der Waals surface area contributed by atoms with Gasteiger partial charge in [0.2, 0.25) is 11.7 Å². The Kier molecular flexibility index (Phi) is 9.89. The fourth-order valence-corrected chi connectivity index (χ4v) is 3.65. The molecule has 32 heavy (non-hydrogen) atoms. The van der Waals surface area contributed by atoms with E-state index in [9.17, 15) is 4.79 Å². The summed E-state index contributed by atoms with van der Waals surface area (Å²) in [5, 5.41) is 6.46. The summed E-state index contributed by atoms with van der Waals surface area (Å²) in [6.45, 7) is 1.38. The van der Waals surface area contributed by atoms with Gasteiger partial charge in [0.05, 0.1) is 21.3 Å². The highest BCUT2D eigenvalue weighted by molar-refractivity contribution is 14.0. The number of carbonyl (C=O) groups excluding carboxylic acids is 1. The Morgan fingerprint density at radius 3 is 2.41 bits per heavy atom. The maximum Gasteiger partial charge on any atom is 0.227 e. The monoisotopic (exact) mass is 554 g/mol. The zero-order chi connectivity index (χ0) is 22.2. The Labute approximate surface area is 206 Å². The Balaban J connectivity index is 0.00000363. The van der Waals surface area contributed by atoms with Crippen molar-refractivity contribution >= 4 is 47.2 Å². The van der Waals surface area contributed by atoms with Crippen molar-refractivity contribution in [2.75, 3.05) is 51.7 Å².